The number of aldehydes is 1. The number of hydrogen-bond acceptors (Lipinski definition) is 6. The minimum Gasteiger partial charge on any atom is -0.480 e. The number of unbranched alkanes of at least 4 members (excludes halogenated alkanes) is 14. The zero-order valence-electron chi connectivity index (χ0n) is 32.1. The summed E-state index contributed by atoms with van der Waals surface area (Å²) in [5.74, 6) is -1.03. The number of alkyl carbamates (subject to hydrolysis) is 1. The third kappa shape index (κ3) is 22.0. The second kappa shape index (κ2) is 27.9. The molecular weight excluding hydrogens is 644 g/mol. The van der Waals surface area contributed by atoms with Gasteiger partial charge in [0.2, 0.25) is 5.91 Å². The molecule has 0 aromatic heterocycles. The number of hydrogen-bond donors (Lipinski definition) is 3. The Labute approximate surface area is 307 Å². The maximum atomic E-state index is 11.5. The first-order chi connectivity index (χ1) is 24.5. The molecule has 2 aromatic carbocycles. The summed E-state index contributed by atoms with van der Waals surface area (Å²) in [4.78, 5) is 43.3. The van der Waals surface area contributed by atoms with Gasteiger partial charge in [-0.1, -0.05) is 126 Å². The topological polar surface area (TPSA) is 131 Å². The number of methoxy groups -OCH3 is 1. The minimum absolute atomic E-state index is 0.0417. The zero-order chi connectivity index (χ0) is 37.7. The van der Waals surface area contributed by atoms with E-state index in [-0.39, 0.29) is 30.1 Å². The maximum absolute atomic E-state index is 11.5. The highest BCUT2D eigenvalue weighted by Crippen LogP contribution is 2.44. The third-order valence-corrected chi connectivity index (χ3v) is 8.69. The number of carbonyl (C=O) groups excluding carboxylic acids is 3. The van der Waals surface area contributed by atoms with Gasteiger partial charge in [-0.05, 0) is 62.8 Å². The number of benzene rings is 2. The molecule has 0 bridgehead atoms. The van der Waals surface area contributed by atoms with Crippen molar-refractivity contribution in [2.45, 2.75) is 142 Å². The monoisotopic (exact) mass is 710 g/mol. The summed E-state index contributed by atoms with van der Waals surface area (Å²) in [6.45, 7) is 8.62. The molecule has 0 saturated carbocycles. The molecule has 1 aliphatic rings. The smallest absolute Gasteiger partial charge is 0.407 e. The molecule has 0 fully saturated rings. The first kappa shape index (κ1) is 45.3. The number of nitrogens with one attached hydrogen (secondary N) is 2. The van der Waals surface area contributed by atoms with Crippen LogP contribution < -0.4 is 10.6 Å². The number of amides is 2. The Morgan fingerprint density at radius 3 is 1.57 bits per heavy atom. The van der Waals surface area contributed by atoms with Crippen molar-refractivity contribution in [2.24, 2.45) is 0 Å². The Bertz CT molecular complexity index is 1210. The van der Waals surface area contributed by atoms with Crippen molar-refractivity contribution >= 4 is 24.3 Å². The van der Waals surface area contributed by atoms with E-state index in [9.17, 15) is 19.2 Å². The minimum atomic E-state index is -0.997. The molecule has 3 N–H and O–H groups in total. The van der Waals surface area contributed by atoms with E-state index in [4.69, 9.17) is 14.6 Å². The van der Waals surface area contributed by atoms with Crippen molar-refractivity contribution in [3.8, 4) is 11.1 Å². The summed E-state index contributed by atoms with van der Waals surface area (Å²) < 4.78 is 10.3. The van der Waals surface area contributed by atoms with Gasteiger partial charge in [0.1, 0.15) is 19.4 Å². The molecule has 2 amide bonds. The molecule has 0 unspecified atom stereocenters. The Balaban J connectivity index is 0.000000445. The van der Waals surface area contributed by atoms with Gasteiger partial charge >= 0.3 is 12.1 Å². The maximum Gasteiger partial charge on any atom is 0.407 e. The Kier molecular flexibility index (Phi) is 24.8. The lowest BCUT2D eigenvalue weighted by Crippen LogP contribution is -2.28. The molecule has 0 atom stereocenters. The molecule has 0 radical (unpaired) electrons. The van der Waals surface area contributed by atoms with Gasteiger partial charge in [-0.15, -0.1) is 0 Å². The van der Waals surface area contributed by atoms with Gasteiger partial charge in [0.15, 0.2) is 0 Å². The Hall–Kier alpha value is -3.72. The van der Waals surface area contributed by atoms with E-state index in [1.807, 2.05) is 52.0 Å². The van der Waals surface area contributed by atoms with Crippen molar-refractivity contribution in [2.75, 3.05) is 26.8 Å². The van der Waals surface area contributed by atoms with Crippen LogP contribution in [0.15, 0.2) is 48.5 Å². The van der Waals surface area contributed by atoms with Crippen LogP contribution in [0.1, 0.15) is 147 Å². The summed E-state index contributed by atoms with van der Waals surface area (Å²) in [6, 6.07) is 16.6. The quantitative estimate of drug-likeness (QED) is 0.0819. The zero-order valence-corrected chi connectivity index (χ0v) is 32.1. The Morgan fingerprint density at radius 2 is 1.16 bits per heavy atom. The van der Waals surface area contributed by atoms with E-state index in [1.54, 1.807) is 7.11 Å². The van der Waals surface area contributed by atoms with Crippen LogP contribution in [0.3, 0.4) is 0 Å². The molecule has 0 heterocycles. The predicted octanol–water partition coefficient (Wildman–Crippen LogP) is 9.60. The fraction of sp³-hybridized carbons (Fsp3) is 0.619. The lowest BCUT2D eigenvalue weighted by atomic mass is 9.98. The van der Waals surface area contributed by atoms with Crippen LogP contribution in [0, 0.1) is 0 Å². The van der Waals surface area contributed by atoms with Crippen molar-refractivity contribution in [1.29, 1.82) is 0 Å². The number of carbonyl (C=O) groups is 4. The number of carboxylic acids is 1. The summed E-state index contributed by atoms with van der Waals surface area (Å²) in [5.41, 5.74) is 5.00. The molecule has 0 spiro atoms. The van der Waals surface area contributed by atoms with E-state index >= 15 is 0 Å². The molecule has 3 rings (SSSR count). The van der Waals surface area contributed by atoms with Crippen LogP contribution in [0.25, 0.3) is 11.1 Å². The van der Waals surface area contributed by atoms with Gasteiger partial charge < -0.3 is 30.0 Å². The predicted molar refractivity (Wildman–Crippen MR) is 206 cm³/mol. The third-order valence-electron chi connectivity index (χ3n) is 8.69. The number of rotatable bonds is 22. The van der Waals surface area contributed by atoms with E-state index < -0.39 is 5.97 Å². The van der Waals surface area contributed by atoms with Crippen molar-refractivity contribution in [3.63, 3.8) is 0 Å². The lowest BCUT2D eigenvalue weighted by Gasteiger charge is -2.14. The van der Waals surface area contributed by atoms with Crippen LogP contribution in [0.4, 0.5) is 4.79 Å². The fourth-order valence-electron chi connectivity index (χ4n) is 5.69. The van der Waals surface area contributed by atoms with Crippen molar-refractivity contribution < 1.29 is 33.8 Å². The Morgan fingerprint density at radius 1 is 0.725 bits per heavy atom. The fourth-order valence-corrected chi connectivity index (χ4v) is 5.69. The molecule has 0 aliphatic heterocycles. The van der Waals surface area contributed by atoms with E-state index in [0.29, 0.717) is 19.6 Å². The molecule has 0 saturated heterocycles. The van der Waals surface area contributed by atoms with Gasteiger partial charge in [-0.2, -0.15) is 0 Å². The number of carboxylic acid groups (broad SMARTS) is 1. The van der Waals surface area contributed by atoms with E-state index in [1.165, 1.54) is 86.5 Å². The van der Waals surface area contributed by atoms with Crippen LogP contribution in [-0.2, 0) is 23.9 Å². The van der Waals surface area contributed by atoms with E-state index in [2.05, 4.69) is 34.9 Å². The van der Waals surface area contributed by atoms with Crippen molar-refractivity contribution in [1.82, 2.24) is 10.6 Å². The molecule has 2 aromatic rings. The molecular formula is C42H66N2O7. The first-order valence-corrected chi connectivity index (χ1v) is 19.1. The molecule has 9 nitrogen and oxygen atoms in total. The summed E-state index contributed by atoms with van der Waals surface area (Å²) in [7, 11) is 1.71. The largest absolute Gasteiger partial charge is 0.480 e. The highest BCUT2D eigenvalue weighted by Gasteiger charge is 2.28. The van der Waals surface area contributed by atoms with Gasteiger partial charge in [-0.25, -0.2) is 4.79 Å². The van der Waals surface area contributed by atoms with Gasteiger partial charge in [0.05, 0.1) is 5.60 Å². The van der Waals surface area contributed by atoms with Gasteiger partial charge in [0, 0.05) is 32.4 Å². The molecule has 1 aliphatic carbocycles. The molecule has 9 heteroatoms. The van der Waals surface area contributed by atoms with Crippen molar-refractivity contribution in [3.05, 3.63) is 59.7 Å². The SMILES string of the molecule is CCNC(=O)OCC1c2ccccc2-c2ccccc21.COC(C)(C)C.O=CCCCCCCCCCCCCCCCCC(=O)NCC(=O)O. The summed E-state index contributed by atoms with van der Waals surface area (Å²) >= 11 is 0. The number of fused-ring (bicyclic) bond motifs is 3. The van der Waals surface area contributed by atoms with Crippen LogP contribution in [0.2, 0.25) is 0 Å². The van der Waals surface area contributed by atoms with Crippen LogP contribution in [0.5, 0.6) is 0 Å². The van der Waals surface area contributed by atoms with Crippen LogP contribution >= 0.6 is 0 Å². The highest BCUT2D eigenvalue weighted by atomic mass is 16.5. The standard InChI is InChI=1S/C20H37NO4.C17H17NO2.C5H12O/c22-17-15-13-11-9-7-5-3-1-2-4-6-8-10-12-14-16-19(23)21-18-20(24)25;1-2-18-17(19)20-11-16-14-9-5-3-7-12(14)13-8-4-6-10-15(13)16;1-5(2,3)6-4/h17H,1-16,18H2,(H,21,23)(H,24,25);3-10,16H,2,11H2,1H3,(H,18,19);1-4H3. The highest BCUT2D eigenvalue weighted by molar-refractivity contribution is 5.81. The normalized spacial score (nSPS) is 11.5. The number of ether oxygens (including phenoxy) is 2. The lowest BCUT2D eigenvalue weighted by molar-refractivity contribution is -0.137. The summed E-state index contributed by atoms with van der Waals surface area (Å²) in [6.07, 6.45) is 18.8. The van der Waals surface area contributed by atoms with Gasteiger partial charge in [0.25, 0.3) is 0 Å². The van der Waals surface area contributed by atoms with Gasteiger partial charge in [-0.3, -0.25) is 9.59 Å². The van der Waals surface area contributed by atoms with E-state index in [0.717, 1.165) is 38.4 Å². The second-order valence-electron chi connectivity index (χ2n) is 14.0. The first-order valence-electron chi connectivity index (χ1n) is 19.1. The summed E-state index contributed by atoms with van der Waals surface area (Å²) in [5, 5.41) is 13.5. The average Bonchev–Trinajstić information content (AvgIpc) is 3.43. The molecule has 286 valence electrons. The average molecular weight is 711 g/mol. The second-order valence-corrected chi connectivity index (χ2v) is 14.0. The number of aliphatic carboxylic acids is 1. The van der Waals surface area contributed by atoms with Crippen LogP contribution in [-0.4, -0.2) is 61.8 Å². The molecule has 51 heavy (non-hydrogen) atoms.